The molecule has 0 spiro atoms. The van der Waals surface area contributed by atoms with Crippen LogP contribution in [0.1, 0.15) is 31.4 Å². The molecule has 0 saturated heterocycles. The van der Waals surface area contributed by atoms with Gasteiger partial charge in [0.05, 0.1) is 11.7 Å². The Morgan fingerprint density at radius 1 is 1.32 bits per heavy atom. The van der Waals surface area contributed by atoms with Crippen molar-refractivity contribution in [3.63, 3.8) is 0 Å². The molecule has 0 fully saturated rings. The first-order chi connectivity index (χ1) is 8.82. The van der Waals surface area contributed by atoms with Crippen LogP contribution >= 0.6 is 11.8 Å². The second-order valence-electron chi connectivity index (χ2n) is 4.61. The van der Waals surface area contributed by atoms with Crippen LogP contribution in [0, 0.1) is 0 Å². The maximum atomic E-state index is 12.5. The van der Waals surface area contributed by atoms with Crippen molar-refractivity contribution in [3.05, 3.63) is 35.4 Å². The van der Waals surface area contributed by atoms with Crippen molar-refractivity contribution in [1.29, 1.82) is 0 Å². The van der Waals surface area contributed by atoms with Crippen molar-refractivity contribution >= 4 is 11.8 Å². The number of hydrogen-bond acceptors (Lipinski definition) is 2. The predicted octanol–water partition coefficient (Wildman–Crippen LogP) is 4.14. The van der Waals surface area contributed by atoms with Gasteiger partial charge in [0.25, 0.3) is 0 Å². The number of thioether (sulfide) groups is 1. The molecular weight excluding hydrogens is 273 g/mol. The van der Waals surface area contributed by atoms with Gasteiger partial charge in [0.2, 0.25) is 0 Å². The molecule has 0 amide bonds. The van der Waals surface area contributed by atoms with Gasteiger partial charge in [-0.15, -0.1) is 0 Å². The van der Waals surface area contributed by atoms with Gasteiger partial charge in [-0.1, -0.05) is 32.0 Å². The fourth-order valence-corrected chi connectivity index (χ4v) is 2.50. The van der Waals surface area contributed by atoms with Gasteiger partial charge in [0.15, 0.2) is 0 Å². The second-order valence-corrected chi connectivity index (χ2v) is 6.08. The monoisotopic (exact) mass is 292 g/mol. The molecule has 1 rings (SSSR count). The molecule has 0 bridgehead atoms. The predicted molar refractivity (Wildman–Crippen MR) is 73.4 cm³/mol. The zero-order valence-electron chi connectivity index (χ0n) is 11.1. The highest BCUT2D eigenvalue weighted by Gasteiger charge is 2.30. The van der Waals surface area contributed by atoms with Gasteiger partial charge >= 0.3 is 6.18 Å². The summed E-state index contributed by atoms with van der Waals surface area (Å²) in [6, 6.07) is 5.15. The van der Waals surface area contributed by atoms with E-state index in [1.54, 1.807) is 17.8 Å². The average molecular weight is 292 g/mol. The summed E-state index contributed by atoms with van der Waals surface area (Å²) in [4.78, 5) is 0. The lowest BCUT2D eigenvalue weighted by molar-refractivity contribution is -0.137. The van der Waals surface area contributed by atoms with E-state index in [1.807, 2.05) is 0 Å². The third-order valence-corrected chi connectivity index (χ3v) is 4.35. The van der Waals surface area contributed by atoms with Gasteiger partial charge in [0.1, 0.15) is 0 Å². The Balaban J connectivity index is 2.57. The number of alkyl halides is 3. The highest BCUT2D eigenvalue weighted by molar-refractivity contribution is 7.99. The molecule has 2 unspecified atom stereocenters. The summed E-state index contributed by atoms with van der Waals surface area (Å²) < 4.78 is 37.6. The van der Waals surface area contributed by atoms with Crippen LogP contribution in [0.25, 0.3) is 0 Å². The van der Waals surface area contributed by atoms with E-state index in [9.17, 15) is 18.3 Å². The van der Waals surface area contributed by atoms with E-state index in [4.69, 9.17) is 0 Å². The van der Waals surface area contributed by atoms with Crippen LogP contribution in [0.3, 0.4) is 0 Å². The quantitative estimate of drug-likeness (QED) is 0.850. The number of aliphatic hydroxyl groups excluding tert-OH is 1. The van der Waals surface area contributed by atoms with Crippen LogP contribution < -0.4 is 0 Å². The van der Waals surface area contributed by atoms with Gasteiger partial charge in [-0.3, -0.25) is 0 Å². The SMILES string of the molecule is CCC(C)SCC(O)Cc1cccc(C(F)(F)F)c1. The fourth-order valence-electron chi connectivity index (χ4n) is 1.60. The minimum absolute atomic E-state index is 0.257. The van der Waals surface area contributed by atoms with E-state index < -0.39 is 17.8 Å². The minimum Gasteiger partial charge on any atom is -0.392 e. The lowest BCUT2D eigenvalue weighted by Crippen LogP contribution is -2.16. The van der Waals surface area contributed by atoms with Crippen LogP contribution in [0.2, 0.25) is 0 Å². The molecule has 0 heterocycles. The first-order valence-corrected chi connectivity index (χ1v) is 7.33. The summed E-state index contributed by atoms with van der Waals surface area (Å²) in [7, 11) is 0. The van der Waals surface area contributed by atoms with Crippen LogP contribution in [0.5, 0.6) is 0 Å². The van der Waals surface area contributed by atoms with Gasteiger partial charge in [-0.2, -0.15) is 24.9 Å². The maximum Gasteiger partial charge on any atom is 0.416 e. The molecule has 0 aliphatic heterocycles. The molecule has 19 heavy (non-hydrogen) atoms. The fraction of sp³-hybridized carbons (Fsp3) is 0.571. The topological polar surface area (TPSA) is 20.2 Å². The molecule has 1 nitrogen and oxygen atoms in total. The van der Waals surface area contributed by atoms with Crippen LogP contribution in [-0.2, 0) is 12.6 Å². The zero-order chi connectivity index (χ0) is 14.5. The highest BCUT2D eigenvalue weighted by atomic mass is 32.2. The van der Waals surface area contributed by atoms with E-state index in [2.05, 4.69) is 13.8 Å². The molecule has 1 N–H and O–H groups in total. The molecule has 1 aromatic rings. The van der Waals surface area contributed by atoms with Gasteiger partial charge in [-0.05, 0) is 24.5 Å². The molecule has 0 saturated carbocycles. The standard InChI is InChI=1S/C14H19F3OS/c1-3-10(2)19-9-13(18)8-11-5-4-6-12(7-11)14(15,16)17/h4-7,10,13,18H,3,8-9H2,1-2H3. The summed E-state index contributed by atoms with van der Waals surface area (Å²) in [6.07, 6.45) is -3.66. The Morgan fingerprint density at radius 3 is 2.58 bits per heavy atom. The number of hydrogen-bond donors (Lipinski definition) is 1. The Hall–Kier alpha value is -0.680. The largest absolute Gasteiger partial charge is 0.416 e. The number of rotatable bonds is 6. The molecule has 5 heteroatoms. The first-order valence-electron chi connectivity index (χ1n) is 6.28. The van der Waals surface area contributed by atoms with E-state index in [-0.39, 0.29) is 6.42 Å². The molecule has 1 aromatic carbocycles. The number of aliphatic hydroxyl groups is 1. The lowest BCUT2D eigenvalue weighted by Gasteiger charge is -2.14. The number of benzene rings is 1. The molecule has 108 valence electrons. The van der Waals surface area contributed by atoms with E-state index in [1.165, 1.54) is 6.07 Å². The Bertz CT molecular complexity index is 393. The van der Waals surface area contributed by atoms with Gasteiger partial charge in [0, 0.05) is 11.0 Å². The molecular formula is C14H19F3OS. The summed E-state index contributed by atoms with van der Waals surface area (Å²) in [6.45, 7) is 4.14. The van der Waals surface area contributed by atoms with Gasteiger partial charge in [-0.25, -0.2) is 0 Å². The van der Waals surface area contributed by atoms with Crippen molar-refractivity contribution in [2.24, 2.45) is 0 Å². The van der Waals surface area contributed by atoms with E-state index in [0.717, 1.165) is 18.6 Å². The summed E-state index contributed by atoms with van der Waals surface area (Å²) in [5, 5.41) is 10.3. The minimum atomic E-state index is -4.33. The van der Waals surface area contributed by atoms with Crippen molar-refractivity contribution in [2.75, 3.05) is 5.75 Å². The Kier molecular flexibility index (Phi) is 6.20. The second kappa shape index (κ2) is 7.20. The Labute approximate surface area is 116 Å². The normalized spacial score (nSPS) is 15.3. The smallest absolute Gasteiger partial charge is 0.392 e. The van der Waals surface area contributed by atoms with Gasteiger partial charge < -0.3 is 5.11 Å². The van der Waals surface area contributed by atoms with Crippen molar-refractivity contribution in [2.45, 2.75) is 44.2 Å². The molecule has 0 aromatic heterocycles. The van der Waals surface area contributed by atoms with Crippen molar-refractivity contribution in [1.82, 2.24) is 0 Å². The summed E-state index contributed by atoms with van der Waals surface area (Å²) >= 11 is 1.64. The molecule has 0 aliphatic carbocycles. The third-order valence-electron chi connectivity index (χ3n) is 2.87. The van der Waals surface area contributed by atoms with Crippen LogP contribution in [0.4, 0.5) is 13.2 Å². The maximum absolute atomic E-state index is 12.5. The summed E-state index contributed by atoms with van der Waals surface area (Å²) in [5.41, 5.74) is -0.140. The number of halogens is 3. The van der Waals surface area contributed by atoms with E-state index in [0.29, 0.717) is 16.6 Å². The molecule has 0 aliphatic rings. The first kappa shape index (κ1) is 16.4. The van der Waals surface area contributed by atoms with Crippen LogP contribution in [-0.4, -0.2) is 22.2 Å². The van der Waals surface area contributed by atoms with Crippen LogP contribution in [0.15, 0.2) is 24.3 Å². The Morgan fingerprint density at radius 2 is 2.00 bits per heavy atom. The van der Waals surface area contributed by atoms with E-state index >= 15 is 0 Å². The summed E-state index contributed by atoms with van der Waals surface area (Å²) in [5.74, 6) is 0.547. The van der Waals surface area contributed by atoms with Crippen molar-refractivity contribution in [3.8, 4) is 0 Å². The van der Waals surface area contributed by atoms with Crippen molar-refractivity contribution < 1.29 is 18.3 Å². The third kappa shape index (κ3) is 5.87. The molecule has 0 radical (unpaired) electrons. The average Bonchev–Trinajstić information content (AvgIpc) is 2.35. The molecule has 2 atom stereocenters. The highest BCUT2D eigenvalue weighted by Crippen LogP contribution is 2.29. The lowest BCUT2D eigenvalue weighted by atomic mass is 10.1. The zero-order valence-corrected chi connectivity index (χ0v) is 11.9.